The smallest absolute Gasteiger partial charge is 0.248 e. The molecule has 1 amide bonds. The number of hydroxylamine groups is 1. The van der Waals surface area contributed by atoms with Crippen LogP contribution in [0.4, 0.5) is 0 Å². The van der Waals surface area contributed by atoms with Crippen LogP contribution in [0.5, 0.6) is 0 Å². The highest BCUT2D eigenvalue weighted by Crippen LogP contribution is 1.92. The van der Waals surface area contributed by atoms with Gasteiger partial charge in [-0.1, -0.05) is 6.92 Å². The maximum atomic E-state index is 10.5. The lowest BCUT2D eigenvalue weighted by Gasteiger charge is -2.02. The fourth-order valence-corrected chi connectivity index (χ4v) is 0.387. The highest BCUT2D eigenvalue weighted by molar-refractivity contribution is 5.77. The summed E-state index contributed by atoms with van der Waals surface area (Å²) in [5.74, 6) is -0.727. The second-order valence-corrected chi connectivity index (χ2v) is 1.78. The predicted octanol–water partition coefficient (Wildman–Crippen LogP) is -0.171. The third kappa shape index (κ3) is 2.81. The van der Waals surface area contributed by atoms with E-state index in [1.807, 2.05) is 0 Å². The van der Waals surface area contributed by atoms with Gasteiger partial charge in [-0.15, -0.1) is 0 Å². The van der Waals surface area contributed by atoms with Gasteiger partial charge in [0.05, 0.1) is 5.92 Å². The van der Waals surface area contributed by atoms with Crippen molar-refractivity contribution in [3.8, 4) is 0 Å². The zero-order valence-electron chi connectivity index (χ0n) is 5.29. The molecule has 0 rings (SSSR count). The van der Waals surface area contributed by atoms with Crippen molar-refractivity contribution in [2.75, 3.05) is 6.54 Å². The quantitative estimate of drug-likeness (QED) is 0.316. The molecule has 1 unspecified atom stereocenters. The molecule has 4 nitrogen and oxygen atoms in total. The van der Waals surface area contributed by atoms with Gasteiger partial charge in [0.1, 0.15) is 0 Å². The van der Waals surface area contributed by atoms with E-state index in [0.29, 0.717) is 6.54 Å². The van der Waals surface area contributed by atoms with E-state index in [1.165, 1.54) is 5.48 Å². The Hall–Kier alpha value is -0.900. The van der Waals surface area contributed by atoms with Crippen LogP contribution in [-0.2, 0) is 4.79 Å². The number of hydrogen-bond acceptors (Lipinski definition) is 3. The summed E-state index contributed by atoms with van der Waals surface area (Å²) < 4.78 is 0. The van der Waals surface area contributed by atoms with Crippen LogP contribution in [0.3, 0.4) is 0 Å². The fraction of sp³-hybridized carbons (Fsp3) is 0.600. The van der Waals surface area contributed by atoms with Crippen LogP contribution in [0.15, 0.2) is 4.99 Å². The van der Waals surface area contributed by atoms with E-state index >= 15 is 0 Å². The summed E-state index contributed by atoms with van der Waals surface area (Å²) in [6.07, 6.45) is 0. The van der Waals surface area contributed by atoms with Gasteiger partial charge in [-0.3, -0.25) is 10.0 Å². The summed E-state index contributed by atoms with van der Waals surface area (Å²) in [6, 6.07) is 0. The van der Waals surface area contributed by atoms with E-state index in [9.17, 15) is 4.79 Å². The minimum absolute atomic E-state index is 0.299. The third-order valence-corrected chi connectivity index (χ3v) is 0.961. The van der Waals surface area contributed by atoms with Crippen LogP contribution in [0.2, 0.25) is 0 Å². The zero-order chi connectivity index (χ0) is 7.28. The normalized spacial score (nSPS) is 12.2. The van der Waals surface area contributed by atoms with Crippen LogP contribution < -0.4 is 5.48 Å². The molecule has 0 aliphatic carbocycles. The van der Waals surface area contributed by atoms with Crippen molar-refractivity contribution >= 4 is 12.6 Å². The number of hydrogen-bond donors (Lipinski definition) is 2. The van der Waals surface area contributed by atoms with Gasteiger partial charge in [-0.05, 0) is 6.72 Å². The number of carbonyl (C=O) groups excluding carboxylic acids is 1. The molecule has 0 aromatic rings. The molecular formula is C5H10N2O2. The topological polar surface area (TPSA) is 61.7 Å². The Bertz CT molecular complexity index is 114. The van der Waals surface area contributed by atoms with Crippen molar-refractivity contribution in [3.05, 3.63) is 0 Å². The molecule has 0 aliphatic heterocycles. The second kappa shape index (κ2) is 4.03. The molecule has 0 aromatic carbocycles. The standard InChI is InChI=1S/C5H10N2O2/c1-4(3-6-2)5(8)7-9/h4,9H,2-3H2,1H3,(H,7,8). The molecule has 0 aliphatic rings. The molecule has 9 heavy (non-hydrogen) atoms. The molecule has 1 atom stereocenters. The largest absolute Gasteiger partial charge is 0.300 e. The van der Waals surface area contributed by atoms with Gasteiger partial charge < -0.3 is 4.99 Å². The first-order chi connectivity index (χ1) is 4.22. The van der Waals surface area contributed by atoms with Crippen molar-refractivity contribution in [1.29, 1.82) is 0 Å². The van der Waals surface area contributed by atoms with Crippen LogP contribution in [0.25, 0.3) is 0 Å². The molecule has 52 valence electrons. The Balaban J connectivity index is 3.58. The van der Waals surface area contributed by atoms with Gasteiger partial charge in [0.15, 0.2) is 0 Å². The van der Waals surface area contributed by atoms with Crippen molar-refractivity contribution in [1.82, 2.24) is 5.48 Å². The lowest BCUT2D eigenvalue weighted by atomic mass is 10.2. The molecule has 0 spiro atoms. The summed E-state index contributed by atoms with van der Waals surface area (Å²) in [6.45, 7) is 5.20. The number of amides is 1. The molecular weight excluding hydrogens is 120 g/mol. The van der Waals surface area contributed by atoms with E-state index in [1.54, 1.807) is 6.92 Å². The summed E-state index contributed by atoms with van der Waals surface area (Å²) in [7, 11) is 0. The molecule has 2 N–H and O–H groups in total. The molecule has 0 aromatic heterocycles. The lowest BCUT2D eigenvalue weighted by Crippen LogP contribution is -2.27. The van der Waals surface area contributed by atoms with E-state index in [0.717, 1.165) is 0 Å². The zero-order valence-corrected chi connectivity index (χ0v) is 5.29. The maximum Gasteiger partial charge on any atom is 0.248 e. The Kier molecular flexibility index (Phi) is 3.62. The Morgan fingerprint density at radius 1 is 2.00 bits per heavy atom. The number of nitrogens with zero attached hydrogens (tertiary/aromatic N) is 1. The Morgan fingerprint density at radius 2 is 2.56 bits per heavy atom. The first kappa shape index (κ1) is 8.10. The van der Waals surface area contributed by atoms with Crippen molar-refractivity contribution < 1.29 is 10.0 Å². The average Bonchev–Trinajstić information content (AvgIpc) is 1.87. The van der Waals surface area contributed by atoms with Gasteiger partial charge in [0, 0.05) is 6.54 Å². The first-order valence-corrected chi connectivity index (χ1v) is 2.58. The SMILES string of the molecule is C=NCC(C)C(=O)NO. The van der Waals surface area contributed by atoms with Crippen molar-refractivity contribution in [2.45, 2.75) is 6.92 Å². The summed E-state index contributed by atoms with van der Waals surface area (Å²) in [5, 5.41) is 8.07. The summed E-state index contributed by atoms with van der Waals surface area (Å²) in [5.41, 5.74) is 1.52. The molecule has 4 heteroatoms. The van der Waals surface area contributed by atoms with Crippen LogP contribution in [0.1, 0.15) is 6.92 Å². The van der Waals surface area contributed by atoms with Crippen LogP contribution in [-0.4, -0.2) is 24.4 Å². The van der Waals surface area contributed by atoms with Crippen LogP contribution in [0, 0.1) is 5.92 Å². The molecule has 0 saturated carbocycles. The number of carbonyl (C=O) groups is 1. The van der Waals surface area contributed by atoms with E-state index < -0.39 is 5.91 Å². The first-order valence-electron chi connectivity index (χ1n) is 2.58. The maximum absolute atomic E-state index is 10.5. The van der Waals surface area contributed by atoms with Gasteiger partial charge in [0.25, 0.3) is 0 Å². The van der Waals surface area contributed by atoms with Crippen molar-refractivity contribution in [3.63, 3.8) is 0 Å². The predicted molar refractivity (Wildman–Crippen MR) is 33.5 cm³/mol. The molecule has 0 radical (unpaired) electrons. The van der Waals surface area contributed by atoms with Gasteiger partial charge in [-0.25, -0.2) is 5.48 Å². The van der Waals surface area contributed by atoms with E-state index in [4.69, 9.17) is 5.21 Å². The van der Waals surface area contributed by atoms with Crippen LogP contribution >= 0.6 is 0 Å². The highest BCUT2D eigenvalue weighted by atomic mass is 16.5. The van der Waals surface area contributed by atoms with E-state index in [2.05, 4.69) is 11.7 Å². The lowest BCUT2D eigenvalue weighted by molar-refractivity contribution is -0.132. The molecule has 0 saturated heterocycles. The third-order valence-electron chi connectivity index (χ3n) is 0.961. The van der Waals surface area contributed by atoms with Gasteiger partial charge in [0.2, 0.25) is 5.91 Å². The number of nitrogens with one attached hydrogen (secondary N) is 1. The Labute approximate surface area is 53.6 Å². The fourth-order valence-electron chi connectivity index (χ4n) is 0.387. The summed E-state index contributed by atoms with van der Waals surface area (Å²) >= 11 is 0. The van der Waals surface area contributed by atoms with Gasteiger partial charge in [-0.2, -0.15) is 0 Å². The minimum atomic E-state index is -0.428. The second-order valence-electron chi connectivity index (χ2n) is 1.78. The number of rotatable bonds is 3. The molecule has 0 bridgehead atoms. The molecule has 0 heterocycles. The van der Waals surface area contributed by atoms with Gasteiger partial charge >= 0.3 is 0 Å². The minimum Gasteiger partial charge on any atom is -0.300 e. The Morgan fingerprint density at radius 3 is 2.89 bits per heavy atom. The average molecular weight is 130 g/mol. The van der Waals surface area contributed by atoms with E-state index in [-0.39, 0.29) is 5.92 Å². The van der Waals surface area contributed by atoms with Crippen molar-refractivity contribution in [2.24, 2.45) is 10.9 Å². The number of aliphatic imine (C=N–C) groups is 1. The molecule has 0 fully saturated rings. The highest BCUT2D eigenvalue weighted by Gasteiger charge is 2.08. The summed E-state index contributed by atoms with van der Waals surface area (Å²) in [4.78, 5) is 13.9. The monoisotopic (exact) mass is 130 g/mol.